The van der Waals surface area contributed by atoms with Crippen LogP contribution in [0.4, 0.5) is 0 Å². The zero-order valence-corrected chi connectivity index (χ0v) is 12.2. The number of benzene rings is 2. The summed E-state index contributed by atoms with van der Waals surface area (Å²) in [5, 5.41) is 0.916. The summed E-state index contributed by atoms with van der Waals surface area (Å²) in [5.41, 5.74) is 2.97. The monoisotopic (exact) mass is 289 g/mol. The van der Waals surface area contributed by atoms with Crippen molar-refractivity contribution in [2.45, 2.75) is 0 Å². The van der Waals surface area contributed by atoms with Gasteiger partial charge in [-0.3, -0.25) is 0 Å². The van der Waals surface area contributed by atoms with E-state index in [2.05, 4.69) is 4.98 Å². The number of nitrogens with zero attached hydrogens (tertiary/aromatic N) is 1. The van der Waals surface area contributed by atoms with Gasteiger partial charge in [-0.05, 0) is 23.8 Å². The Morgan fingerprint density at radius 3 is 2.50 bits per heavy atom. The summed E-state index contributed by atoms with van der Waals surface area (Å²) < 4.78 is 4.87. The predicted octanol–water partition coefficient (Wildman–Crippen LogP) is 4.19. The normalized spacial score (nSPS) is 11.0. The Labute approximate surface area is 128 Å². The van der Waals surface area contributed by atoms with Crippen LogP contribution in [0.3, 0.4) is 0 Å². The van der Waals surface area contributed by atoms with Gasteiger partial charge in [0.1, 0.15) is 0 Å². The number of ether oxygens (including phenoxy) is 1. The number of hydrogen-bond donors (Lipinski definition) is 0. The fourth-order valence-electron chi connectivity index (χ4n) is 2.27. The van der Waals surface area contributed by atoms with Crippen LogP contribution >= 0.6 is 0 Å². The van der Waals surface area contributed by atoms with E-state index >= 15 is 0 Å². The highest BCUT2D eigenvalue weighted by atomic mass is 16.5. The Morgan fingerprint density at radius 2 is 1.73 bits per heavy atom. The van der Waals surface area contributed by atoms with Crippen molar-refractivity contribution in [2.24, 2.45) is 0 Å². The van der Waals surface area contributed by atoms with E-state index in [1.807, 2.05) is 72.8 Å². The Balaban J connectivity index is 2.10. The topological polar surface area (TPSA) is 39.2 Å². The van der Waals surface area contributed by atoms with Crippen LogP contribution in [-0.2, 0) is 4.74 Å². The van der Waals surface area contributed by atoms with Gasteiger partial charge in [0.15, 0.2) is 0 Å². The minimum Gasteiger partial charge on any atom is -0.465 e. The van der Waals surface area contributed by atoms with Crippen LogP contribution in [0.1, 0.15) is 21.6 Å². The molecule has 1 heterocycles. The second-order valence-electron chi connectivity index (χ2n) is 4.85. The first-order valence-electron chi connectivity index (χ1n) is 6.99. The smallest absolute Gasteiger partial charge is 0.340 e. The van der Waals surface area contributed by atoms with Gasteiger partial charge in [0.05, 0.1) is 23.9 Å². The minimum absolute atomic E-state index is 0.383. The molecule has 3 aromatic rings. The van der Waals surface area contributed by atoms with Crippen molar-refractivity contribution in [2.75, 3.05) is 7.11 Å². The van der Waals surface area contributed by atoms with Crippen molar-refractivity contribution >= 4 is 29.0 Å². The molecular formula is C19H15NO2. The highest BCUT2D eigenvalue weighted by molar-refractivity contribution is 5.98. The maximum Gasteiger partial charge on any atom is 0.340 e. The highest BCUT2D eigenvalue weighted by Gasteiger charge is 2.12. The average molecular weight is 289 g/mol. The van der Waals surface area contributed by atoms with Crippen LogP contribution in [0.15, 0.2) is 60.7 Å². The fourth-order valence-corrected chi connectivity index (χ4v) is 2.27. The zero-order chi connectivity index (χ0) is 15.4. The van der Waals surface area contributed by atoms with E-state index in [0.29, 0.717) is 11.3 Å². The number of rotatable bonds is 3. The van der Waals surface area contributed by atoms with Gasteiger partial charge < -0.3 is 4.74 Å². The van der Waals surface area contributed by atoms with E-state index in [-0.39, 0.29) is 5.97 Å². The van der Waals surface area contributed by atoms with Crippen LogP contribution in [0.2, 0.25) is 0 Å². The standard InChI is InChI=1S/C19H15NO2/c1-22-19(21)16-13-15-9-5-6-10-17(15)20-18(16)12-11-14-7-3-2-4-8-14/h2-13H,1H3/b12-11+. The number of methoxy groups -OCH3 is 1. The lowest BCUT2D eigenvalue weighted by molar-refractivity contribution is 0.0600. The molecule has 0 spiro atoms. The lowest BCUT2D eigenvalue weighted by atomic mass is 10.1. The van der Waals surface area contributed by atoms with E-state index in [9.17, 15) is 4.79 Å². The molecule has 108 valence electrons. The van der Waals surface area contributed by atoms with E-state index in [1.165, 1.54) is 7.11 Å². The molecule has 0 aliphatic heterocycles. The maximum atomic E-state index is 12.0. The summed E-state index contributed by atoms with van der Waals surface area (Å²) in [5.74, 6) is -0.383. The molecule has 1 aromatic heterocycles. The number of carbonyl (C=O) groups excluding carboxylic acids is 1. The third-order valence-electron chi connectivity index (χ3n) is 3.39. The summed E-state index contributed by atoms with van der Waals surface area (Å²) in [4.78, 5) is 16.6. The molecule has 2 aromatic carbocycles. The predicted molar refractivity (Wildman–Crippen MR) is 88.5 cm³/mol. The molecule has 3 nitrogen and oxygen atoms in total. The lowest BCUT2D eigenvalue weighted by Crippen LogP contribution is -2.05. The molecule has 3 rings (SSSR count). The maximum absolute atomic E-state index is 12.0. The van der Waals surface area contributed by atoms with Crippen LogP contribution in [0.25, 0.3) is 23.1 Å². The molecule has 0 aliphatic rings. The molecule has 0 amide bonds. The number of fused-ring (bicyclic) bond motifs is 1. The van der Waals surface area contributed by atoms with E-state index < -0.39 is 0 Å². The largest absolute Gasteiger partial charge is 0.465 e. The van der Waals surface area contributed by atoms with Gasteiger partial charge in [-0.1, -0.05) is 54.6 Å². The summed E-state index contributed by atoms with van der Waals surface area (Å²) in [6.45, 7) is 0. The molecule has 0 saturated heterocycles. The van der Waals surface area contributed by atoms with Crippen molar-refractivity contribution in [1.29, 1.82) is 0 Å². The first kappa shape index (κ1) is 14.0. The van der Waals surface area contributed by atoms with Gasteiger partial charge in [0.25, 0.3) is 0 Å². The summed E-state index contributed by atoms with van der Waals surface area (Å²) in [6.07, 6.45) is 3.78. The highest BCUT2D eigenvalue weighted by Crippen LogP contribution is 2.19. The minimum atomic E-state index is -0.383. The zero-order valence-electron chi connectivity index (χ0n) is 12.2. The van der Waals surface area contributed by atoms with Gasteiger partial charge in [0, 0.05) is 5.39 Å². The van der Waals surface area contributed by atoms with Crippen molar-refractivity contribution < 1.29 is 9.53 Å². The molecule has 22 heavy (non-hydrogen) atoms. The number of aromatic nitrogens is 1. The molecule has 0 unspecified atom stereocenters. The van der Waals surface area contributed by atoms with Crippen molar-refractivity contribution in [1.82, 2.24) is 4.98 Å². The Kier molecular flexibility index (Phi) is 3.97. The molecule has 0 saturated carbocycles. The molecule has 0 N–H and O–H groups in total. The number of carbonyl (C=O) groups is 1. The van der Waals surface area contributed by atoms with Gasteiger partial charge in [-0.15, -0.1) is 0 Å². The average Bonchev–Trinajstić information content (AvgIpc) is 2.59. The van der Waals surface area contributed by atoms with E-state index in [1.54, 1.807) is 0 Å². The van der Waals surface area contributed by atoms with Crippen LogP contribution in [0.5, 0.6) is 0 Å². The molecule has 0 radical (unpaired) electrons. The SMILES string of the molecule is COC(=O)c1cc2ccccc2nc1/C=C/c1ccccc1. The fraction of sp³-hybridized carbons (Fsp3) is 0.0526. The number of pyridine rings is 1. The molecule has 0 fully saturated rings. The van der Waals surface area contributed by atoms with Gasteiger partial charge in [-0.25, -0.2) is 9.78 Å². The molecule has 0 atom stereocenters. The van der Waals surface area contributed by atoms with Crippen LogP contribution in [-0.4, -0.2) is 18.1 Å². The summed E-state index contributed by atoms with van der Waals surface area (Å²) in [7, 11) is 1.38. The third kappa shape index (κ3) is 2.88. The summed E-state index contributed by atoms with van der Waals surface area (Å²) in [6, 6.07) is 19.4. The molecule has 0 aliphatic carbocycles. The summed E-state index contributed by atoms with van der Waals surface area (Å²) >= 11 is 0. The third-order valence-corrected chi connectivity index (χ3v) is 3.39. The van der Waals surface area contributed by atoms with Gasteiger partial charge >= 0.3 is 5.97 Å². The van der Waals surface area contributed by atoms with Gasteiger partial charge in [-0.2, -0.15) is 0 Å². The van der Waals surface area contributed by atoms with Crippen LogP contribution in [0, 0.1) is 0 Å². The van der Waals surface area contributed by atoms with Crippen molar-refractivity contribution in [3.63, 3.8) is 0 Å². The number of esters is 1. The molecule has 3 heteroatoms. The molecule has 0 bridgehead atoms. The Morgan fingerprint density at radius 1 is 1.00 bits per heavy atom. The quantitative estimate of drug-likeness (QED) is 0.679. The Hall–Kier alpha value is -2.94. The van der Waals surface area contributed by atoms with E-state index in [0.717, 1.165) is 16.5 Å². The number of para-hydroxylation sites is 1. The van der Waals surface area contributed by atoms with Crippen LogP contribution < -0.4 is 0 Å². The second kappa shape index (κ2) is 6.22. The molecular weight excluding hydrogens is 274 g/mol. The van der Waals surface area contributed by atoms with Crippen molar-refractivity contribution in [3.8, 4) is 0 Å². The number of hydrogen-bond acceptors (Lipinski definition) is 3. The first-order chi connectivity index (χ1) is 10.8. The second-order valence-corrected chi connectivity index (χ2v) is 4.85. The van der Waals surface area contributed by atoms with Gasteiger partial charge in [0.2, 0.25) is 0 Å². The Bertz CT molecular complexity index is 838. The first-order valence-corrected chi connectivity index (χ1v) is 6.99. The lowest BCUT2D eigenvalue weighted by Gasteiger charge is -2.06. The van der Waals surface area contributed by atoms with E-state index in [4.69, 9.17) is 4.74 Å². The van der Waals surface area contributed by atoms with Crippen molar-refractivity contribution in [3.05, 3.63) is 77.5 Å².